The maximum absolute atomic E-state index is 11.1. The number of hydrogen-bond donors (Lipinski definition) is 2. The van der Waals surface area contributed by atoms with E-state index in [0.717, 1.165) is 5.56 Å². The fourth-order valence-electron chi connectivity index (χ4n) is 1.88. The number of anilines is 2. The molecular weight excluding hydrogens is 258 g/mol. The standard InChI is InChI=1S/C13H15N5O2/c1-17(9-10-5-3-2-4-6-10)13-11(18(19)20)7-8-12(15-13)16-14/h2-8H,9,14H2,1H3,(H,15,16). The van der Waals surface area contributed by atoms with Crippen molar-refractivity contribution in [3.05, 3.63) is 58.1 Å². The zero-order valence-corrected chi connectivity index (χ0v) is 11.0. The fourth-order valence-corrected chi connectivity index (χ4v) is 1.88. The number of nitrogens with two attached hydrogens (primary N) is 1. The van der Waals surface area contributed by atoms with Crippen LogP contribution in [0.1, 0.15) is 5.56 Å². The average Bonchev–Trinajstić information content (AvgIpc) is 2.47. The van der Waals surface area contributed by atoms with Crippen molar-refractivity contribution >= 4 is 17.3 Å². The van der Waals surface area contributed by atoms with E-state index < -0.39 is 4.92 Å². The minimum atomic E-state index is -0.454. The van der Waals surface area contributed by atoms with Gasteiger partial charge in [0.15, 0.2) is 0 Å². The van der Waals surface area contributed by atoms with Gasteiger partial charge in [0.1, 0.15) is 5.82 Å². The highest BCUT2D eigenvalue weighted by Crippen LogP contribution is 2.27. The van der Waals surface area contributed by atoms with Gasteiger partial charge >= 0.3 is 5.69 Å². The third-order valence-corrected chi connectivity index (χ3v) is 2.82. The molecule has 1 aromatic carbocycles. The molecule has 0 saturated heterocycles. The van der Waals surface area contributed by atoms with Crippen LogP contribution >= 0.6 is 0 Å². The summed E-state index contributed by atoms with van der Waals surface area (Å²) < 4.78 is 0. The van der Waals surface area contributed by atoms with Crippen LogP contribution in [-0.4, -0.2) is 17.0 Å². The smallest absolute Gasteiger partial charge is 0.311 e. The molecule has 0 aliphatic rings. The molecule has 0 spiro atoms. The van der Waals surface area contributed by atoms with Crippen molar-refractivity contribution in [1.82, 2.24) is 4.98 Å². The van der Waals surface area contributed by atoms with E-state index in [1.54, 1.807) is 11.9 Å². The molecule has 2 rings (SSSR count). The lowest BCUT2D eigenvalue weighted by Crippen LogP contribution is -2.20. The van der Waals surface area contributed by atoms with Crippen LogP contribution in [0.5, 0.6) is 0 Å². The molecule has 7 nitrogen and oxygen atoms in total. The molecule has 104 valence electrons. The molecule has 7 heteroatoms. The molecule has 20 heavy (non-hydrogen) atoms. The Kier molecular flexibility index (Phi) is 4.11. The number of nitrogens with one attached hydrogen (secondary N) is 1. The van der Waals surface area contributed by atoms with Crippen LogP contribution in [0.2, 0.25) is 0 Å². The Labute approximate surface area is 116 Å². The third-order valence-electron chi connectivity index (χ3n) is 2.82. The highest BCUT2D eigenvalue weighted by molar-refractivity contribution is 5.61. The summed E-state index contributed by atoms with van der Waals surface area (Å²) in [6.07, 6.45) is 0. The molecule has 2 aromatic rings. The SMILES string of the molecule is CN(Cc1ccccc1)c1nc(NN)ccc1[N+](=O)[O-]. The van der Waals surface area contributed by atoms with Gasteiger partial charge < -0.3 is 10.3 Å². The second kappa shape index (κ2) is 5.98. The van der Waals surface area contributed by atoms with E-state index in [0.29, 0.717) is 12.4 Å². The second-order valence-electron chi connectivity index (χ2n) is 4.28. The Bertz CT molecular complexity index is 603. The van der Waals surface area contributed by atoms with Crippen LogP contribution in [-0.2, 0) is 6.54 Å². The molecule has 0 fully saturated rings. The number of pyridine rings is 1. The average molecular weight is 273 g/mol. The number of rotatable bonds is 5. The molecule has 3 N–H and O–H groups in total. The number of nitrogens with zero attached hydrogens (tertiary/aromatic N) is 3. The highest BCUT2D eigenvalue weighted by Gasteiger charge is 2.19. The first kappa shape index (κ1) is 13.8. The zero-order chi connectivity index (χ0) is 14.5. The summed E-state index contributed by atoms with van der Waals surface area (Å²) in [6, 6.07) is 12.5. The van der Waals surface area contributed by atoms with Crippen LogP contribution in [0.3, 0.4) is 0 Å². The predicted molar refractivity (Wildman–Crippen MR) is 77.3 cm³/mol. The maximum Gasteiger partial charge on any atom is 0.311 e. The maximum atomic E-state index is 11.1. The van der Waals surface area contributed by atoms with E-state index >= 15 is 0 Å². The summed E-state index contributed by atoms with van der Waals surface area (Å²) in [5, 5.41) is 11.1. The van der Waals surface area contributed by atoms with Gasteiger partial charge in [0.05, 0.1) is 4.92 Å². The van der Waals surface area contributed by atoms with E-state index in [9.17, 15) is 10.1 Å². The lowest BCUT2D eigenvalue weighted by molar-refractivity contribution is -0.384. The Hall–Kier alpha value is -2.67. The van der Waals surface area contributed by atoms with Gasteiger partial charge in [-0.1, -0.05) is 30.3 Å². The normalized spacial score (nSPS) is 10.1. The molecule has 0 bridgehead atoms. The molecule has 0 atom stereocenters. The molecule has 0 amide bonds. The summed E-state index contributed by atoms with van der Waals surface area (Å²) in [4.78, 5) is 16.5. The van der Waals surface area contributed by atoms with Gasteiger partial charge in [0, 0.05) is 19.7 Å². The lowest BCUT2D eigenvalue weighted by atomic mass is 10.2. The minimum Gasteiger partial charge on any atom is -0.350 e. The molecular formula is C13H15N5O2. The van der Waals surface area contributed by atoms with E-state index in [4.69, 9.17) is 5.84 Å². The Morgan fingerprint density at radius 1 is 1.30 bits per heavy atom. The quantitative estimate of drug-likeness (QED) is 0.490. The minimum absolute atomic E-state index is 0.0533. The number of nitrogen functional groups attached to an aromatic ring is 1. The largest absolute Gasteiger partial charge is 0.350 e. The number of benzene rings is 1. The summed E-state index contributed by atoms with van der Waals surface area (Å²) in [5.74, 6) is 5.95. The fraction of sp³-hybridized carbons (Fsp3) is 0.154. The van der Waals surface area contributed by atoms with Crippen molar-refractivity contribution in [3.8, 4) is 0 Å². The molecule has 0 radical (unpaired) electrons. The van der Waals surface area contributed by atoms with Crippen molar-refractivity contribution in [3.63, 3.8) is 0 Å². The predicted octanol–water partition coefficient (Wildman–Crippen LogP) is 1.91. The van der Waals surface area contributed by atoms with Gasteiger partial charge in [0.25, 0.3) is 0 Å². The monoisotopic (exact) mass is 273 g/mol. The van der Waals surface area contributed by atoms with Crippen molar-refractivity contribution in [2.45, 2.75) is 6.54 Å². The van der Waals surface area contributed by atoms with Crippen molar-refractivity contribution in [2.75, 3.05) is 17.4 Å². The van der Waals surface area contributed by atoms with Crippen molar-refractivity contribution < 1.29 is 4.92 Å². The Morgan fingerprint density at radius 2 is 2.00 bits per heavy atom. The second-order valence-corrected chi connectivity index (χ2v) is 4.28. The molecule has 0 unspecified atom stereocenters. The van der Waals surface area contributed by atoms with Gasteiger partial charge in [0.2, 0.25) is 5.82 Å². The summed E-state index contributed by atoms with van der Waals surface area (Å²) in [5.41, 5.74) is 3.38. The first-order valence-corrected chi connectivity index (χ1v) is 5.99. The van der Waals surface area contributed by atoms with Gasteiger partial charge in [-0.05, 0) is 11.6 Å². The Morgan fingerprint density at radius 3 is 2.60 bits per heavy atom. The number of hydrazine groups is 1. The Balaban J connectivity index is 2.32. The van der Waals surface area contributed by atoms with E-state index in [1.165, 1.54) is 12.1 Å². The van der Waals surface area contributed by atoms with Gasteiger partial charge in [-0.15, -0.1) is 0 Å². The first-order chi connectivity index (χ1) is 9.61. The van der Waals surface area contributed by atoms with Crippen molar-refractivity contribution in [1.29, 1.82) is 0 Å². The molecule has 0 saturated carbocycles. The molecule has 0 aliphatic carbocycles. The first-order valence-electron chi connectivity index (χ1n) is 5.99. The third kappa shape index (κ3) is 3.01. The van der Waals surface area contributed by atoms with E-state index in [2.05, 4.69) is 10.4 Å². The molecule has 1 heterocycles. The number of aromatic nitrogens is 1. The van der Waals surface area contributed by atoms with Crippen LogP contribution in [0.15, 0.2) is 42.5 Å². The number of hydrogen-bond acceptors (Lipinski definition) is 6. The zero-order valence-electron chi connectivity index (χ0n) is 11.0. The summed E-state index contributed by atoms with van der Waals surface area (Å²) in [6.45, 7) is 0.517. The highest BCUT2D eigenvalue weighted by atomic mass is 16.6. The number of nitro groups is 1. The van der Waals surface area contributed by atoms with E-state index in [1.807, 2.05) is 30.3 Å². The van der Waals surface area contributed by atoms with Gasteiger partial charge in [-0.2, -0.15) is 0 Å². The topological polar surface area (TPSA) is 97.3 Å². The van der Waals surface area contributed by atoms with Gasteiger partial charge in [-0.25, -0.2) is 10.8 Å². The van der Waals surface area contributed by atoms with Crippen LogP contribution in [0, 0.1) is 10.1 Å². The van der Waals surface area contributed by atoms with Crippen LogP contribution in [0.25, 0.3) is 0 Å². The summed E-state index contributed by atoms with van der Waals surface area (Å²) >= 11 is 0. The van der Waals surface area contributed by atoms with Crippen molar-refractivity contribution in [2.24, 2.45) is 5.84 Å². The molecule has 1 aromatic heterocycles. The van der Waals surface area contributed by atoms with Crippen LogP contribution in [0.4, 0.5) is 17.3 Å². The van der Waals surface area contributed by atoms with Crippen LogP contribution < -0.4 is 16.2 Å². The lowest BCUT2D eigenvalue weighted by Gasteiger charge is -2.18. The molecule has 0 aliphatic heterocycles. The summed E-state index contributed by atoms with van der Waals surface area (Å²) in [7, 11) is 1.75. The van der Waals surface area contributed by atoms with Gasteiger partial charge in [-0.3, -0.25) is 10.1 Å². The van der Waals surface area contributed by atoms with E-state index in [-0.39, 0.29) is 11.5 Å².